The van der Waals surface area contributed by atoms with Crippen molar-refractivity contribution in [1.29, 1.82) is 0 Å². The van der Waals surface area contributed by atoms with Crippen molar-refractivity contribution in [3.8, 4) is 11.8 Å². The first kappa shape index (κ1) is 11.5. The molecule has 1 aliphatic heterocycles. The van der Waals surface area contributed by atoms with Crippen molar-refractivity contribution in [3.05, 3.63) is 23.1 Å². The fraction of sp³-hybridized carbons (Fsp3) is 0.385. The number of aromatic nitrogens is 3. The van der Waals surface area contributed by atoms with Crippen LogP contribution >= 0.6 is 11.6 Å². The number of halogens is 1. The van der Waals surface area contributed by atoms with Gasteiger partial charge in [-0.15, -0.1) is 0 Å². The van der Waals surface area contributed by atoms with Crippen molar-refractivity contribution in [2.24, 2.45) is 5.92 Å². The molecule has 2 aromatic rings. The third kappa shape index (κ3) is 2.20. The maximum atomic E-state index is 5.82. The van der Waals surface area contributed by atoms with Crippen molar-refractivity contribution in [1.82, 2.24) is 20.1 Å². The number of nitrogens with zero attached hydrogens (tertiary/aromatic N) is 3. The maximum Gasteiger partial charge on any atom is 0.144 e. The lowest BCUT2D eigenvalue weighted by molar-refractivity contribution is 0.409. The third-order valence-corrected chi connectivity index (χ3v) is 3.41. The van der Waals surface area contributed by atoms with Crippen molar-refractivity contribution < 1.29 is 0 Å². The maximum absolute atomic E-state index is 5.82. The van der Waals surface area contributed by atoms with Crippen LogP contribution in [-0.2, 0) is 0 Å². The molecule has 0 amide bonds. The summed E-state index contributed by atoms with van der Waals surface area (Å²) in [6.45, 7) is 2.16. The number of pyridine rings is 1. The molecule has 2 aromatic heterocycles. The lowest BCUT2D eigenvalue weighted by Gasteiger charge is -2.03. The lowest BCUT2D eigenvalue weighted by Crippen LogP contribution is -2.13. The number of nitrogens with one attached hydrogen (secondary N) is 1. The van der Waals surface area contributed by atoms with Gasteiger partial charge in [-0.2, -0.15) is 5.10 Å². The molecule has 1 saturated heterocycles. The monoisotopic (exact) mass is 260 g/mol. The molecule has 0 saturated carbocycles. The molecule has 4 nitrogen and oxygen atoms in total. The molecule has 0 radical (unpaired) electrons. The first-order chi connectivity index (χ1) is 8.72. The van der Waals surface area contributed by atoms with Gasteiger partial charge < -0.3 is 4.90 Å². The molecule has 3 heterocycles. The Kier molecular flexibility index (Phi) is 2.94. The Bertz CT molecular complexity index is 637. The van der Waals surface area contributed by atoms with Gasteiger partial charge in [0.2, 0.25) is 0 Å². The van der Waals surface area contributed by atoms with Crippen LogP contribution in [0.25, 0.3) is 10.9 Å². The fourth-order valence-electron chi connectivity index (χ4n) is 2.21. The van der Waals surface area contributed by atoms with Gasteiger partial charge >= 0.3 is 0 Å². The standard InChI is InChI=1S/C13H13ClN4/c1-18-5-4-9(8-18)2-3-11-10-7-15-13(14)6-12(10)17-16-11/h6-7,9H,4-5,8H2,1H3,(H,16,17). The van der Waals surface area contributed by atoms with E-state index < -0.39 is 0 Å². The van der Waals surface area contributed by atoms with Gasteiger partial charge in [0.1, 0.15) is 10.8 Å². The van der Waals surface area contributed by atoms with Gasteiger partial charge in [0.15, 0.2) is 0 Å². The average Bonchev–Trinajstić information content (AvgIpc) is 2.92. The summed E-state index contributed by atoms with van der Waals surface area (Å²) in [5.41, 5.74) is 1.63. The molecule has 0 spiro atoms. The Hall–Kier alpha value is -1.57. The highest BCUT2D eigenvalue weighted by atomic mass is 35.5. The van der Waals surface area contributed by atoms with Crippen LogP contribution in [0.3, 0.4) is 0 Å². The molecule has 18 heavy (non-hydrogen) atoms. The predicted octanol–water partition coefficient (Wildman–Crippen LogP) is 1.91. The van der Waals surface area contributed by atoms with E-state index in [4.69, 9.17) is 11.6 Å². The highest BCUT2D eigenvalue weighted by Gasteiger charge is 2.16. The number of hydrogen-bond donors (Lipinski definition) is 1. The van der Waals surface area contributed by atoms with Crippen LogP contribution in [0.5, 0.6) is 0 Å². The number of rotatable bonds is 0. The van der Waals surface area contributed by atoms with Gasteiger partial charge in [0.25, 0.3) is 0 Å². The van der Waals surface area contributed by atoms with Crippen LogP contribution in [0, 0.1) is 17.8 Å². The second-order valence-electron chi connectivity index (χ2n) is 4.64. The topological polar surface area (TPSA) is 44.8 Å². The van der Waals surface area contributed by atoms with E-state index in [1.54, 1.807) is 12.3 Å². The van der Waals surface area contributed by atoms with E-state index in [2.05, 4.69) is 39.0 Å². The van der Waals surface area contributed by atoms with E-state index in [1.807, 2.05) is 0 Å². The molecular formula is C13H13ClN4. The van der Waals surface area contributed by atoms with Crippen molar-refractivity contribution in [2.75, 3.05) is 20.1 Å². The van der Waals surface area contributed by atoms with Gasteiger partial charge in [0, 0.05) is 24.7 Å². The lowest BCUT2D eigenvalue weighted by atomic mass is 10.1. The van der Waals surface area contributed by atoms with Crippen molar-refractivity contribution in [3.63, 3.8) is 0 Å². The van der Waals surface area contributed by atoms with Crippen molar-refractivity contribution in [2.45, 2.75) is 6.42 Å². The largest absolute Gasteiger partial charge is 0.305 e. The number of H-pyrrole nitrogens is 1. The minimum atomic E-state index is 0.446. The Labute approximate surface area is 110 Å². The molecule has 92 valence electrons. The molecule has 0 bridgehead atoms. The van der Waals surface area contributed by atoms with Crippen LogP contribution in [0.1, 0.15) is 12.1 Å². The summed E-state index contributed by atoms with van der Waals surface area (Å²) in [6.07, 6.45) is 2.85. The normalized spacial score (nSPS) is 20.0. The minimum Gasteiger partial charge on any atom is -0.305 e. The molecule has 3 rings (SSSR count). The molecule has 1 aliphatic rings. The zero-order valence-electron chi connectivity index (χ0n) is 10.1. The van der Waals surface area contributed by atoms with E-state index in [1.165, 1.54) is 0 Å². The predicted molar refractivity (Wildman–Crippen MR) is 71.4 cm³/mol. The molecule has 1 unspecified atom stereocenters. The van der Waals surface area contributed by atoms with Gasteiger partial charge in [-0.05, 0) is 25.9 Å². The van der Waals surface area contributed by atoms with E-state index in [-0.39, 0.29) is 0 Å². The summed E-state index contributed by atoms with van der Waals surface area (Å²) in [4.78, 5) is 6.36. The quantitative estimate of drug-likeness (QED) is 0.581. The zero-order valence-corrected chi connectivity index (χ0v) is 10.8. The van der Waals surface area contributed by atoms with Crippen molar-refractivity contribution >= 4 is 22.5 Å². The Morgan fingerprint density at radius 3 is 3.22 bits per heavy atom. The second-order valence-corrected chi connectivity index (χ2v) is 5.03. The third-order valence-electron chi connectivity index (χ3n) is 3.20. The average molecular weight is 261 g/mol. The summed E-state index contributed by atoms with van der Waals surface area (Å²) < 4.78 is 0. The molecule has 1 N–H and O–H groups in total. The van der Waals surface area contributed by atoms with Crippen LogP contribution in [0.2, 0.25) is 5.15 Å². The van der Waals surface area contributed by atoms with Crippen LogP contribution in [0.15, 0.2) is 12.3 Å². The number of hydrogen-bond acceptors (Lipinski definition) is 3. The highest BCUT2D eigenvalue weighted by molar-refractivity contribution is 6.30. The van der Waals surface area contributed by atoms with Gasteiger partial charge in [-0.1, -0.05) is 17.5 Å². The van der Waals surface area contributed by atoms with Crippen LogP contribution in [0.4, 0.5) is 0 Å². The second kappa shape index (κ2) is 4.60. The fourth-order valence-corrected chi connectivity index (χ4v) is 2.36. The number of fused-ring (bicyclic) bond motifs is 1. The van der Waals surface area contributed by atoms with Gasteiger partial charge in [-0.25, -0.2) is 4.98 Å². The minimum absolute atomic E-state index is 0.446. The van der Waals surface area contributed by atoms with Gasteiger partial charge in [0.05, 0.1) is 10.9 Å². The first-order valence-electron chi connectivity index (χ1n) is 5.92. The summed E-state index contributed by atoms with van der Waals surface area (Å²) in [5, 5.41) is 8.52. The Balaban J connectivity index is 1.89. The van der Waals surface area contributed by atoms with E-state index in [9.17, 15) is 0 Å². The summed E-state index contributed by atoms with van der Waals surface area (Å²) in [5.74, 6) is 6.88. The molecule has 5 heteroatoms. The van der Waals surface area contributed by atoms with Crippen LogP contribution < -0.4 is 0 Å². The summed E-state index contributed by atoms with van der Waals surface area (Å²) >= 11 is 5.82. The molecule has 0 aromatic carbocycles. The first-order valence-corrected chi connectivity index (χ1v) is 6.30. The zero-order chi connectivity index (χ0) is 12.5. The summed E-state index contributed by atoms with van der Waals surface area (Å²) in [6, 6.07) is 1.76. The van der Waals surface area contributed by atoms with E-state index >= 15 is 0 Å². The molecule has 1 fully saturated rings. The Morgan fingerprint density at radius 2 is 2.44 bits per heavy atom. The van der Waals surface area contributed by atoms with Crippen LogP contribution in [-0.4, -0.2) is 40.2 Å². The summed E-state index contributed by atoms with van der Waals surface area (Å²) in [7, 11) is 2.12. The number of likely N-dealkylation sites (tertiary alicyclic amines) is 1. The van der Waals surface area contributed by atoms with E-state index in [0.29, 0.717) is 11.1 Å². The van der Waals surface area contributed by atoms with E-state index in [0.717, 1.165) is 36.1 Å². The molecular weight excluding hydrogens is 248 g/mol. The Morgan fingerprint density at radius 1 is 1.56 bits per heavy atom. The number of aromatic amines is 1. The SMILES string of the molecule is CN1CCC(C#Cc2n[nH]c3cc(Cl)ncc23)C1. The highest BCUT2D eigenvalue weighted by Crippen LogP contribution is 2.18. The molecule has 0 aliphatic carbocycles. The van der Waals surface area contributed by atoms with Gasteiger partial charge in [-0.3, -0.25) is 5.10 Å². The molecule has 1 atom stereocenters. The smallest absolute Gasteiger partial charge is 0.144 e.